The Morgan fingerprint density at radius 2 is 2.00 bits per heavy atom. The Balaban J connectivity index is 2.14. The van der Waals surface area contributed by atoms with Crippen LogP contribution in [0.3, 0.4) is 0 Å². The highest BCUT2D eigenvalue weighted by molar-refractivity contribution is 6.29. The predicted octanol–water partition coefficient (Wildman–Crippen LogP) is 3.53. The lowest BCUT2D eigenvalue weighted by molar-refractivity contribution is -0.384. The summed E-state index contributed by atoms with van der Waals surface area (Å²) < 4.78 is 25.8. The number of benzene rings is 1. The van der Waals surface area contributed by atoms with Gasteiger partial charge in [-0.05, 0) is 17.7 Å². The zero-order chi connectivity index (χ0) is 14.7. The Labute approximate surface area is 117 Å². The number of nitro groups is 1. The van der Waals surface area contributed by atoms with E-state index in [0.29, 0.717) is 5.56 Å². The number of halogens is 3. The number of rotatable bonds is 4. The molecule has 1 heterocycles. The van der Waals surface area contributed by atoms with Crippen molar-refractivity contribution in [2.45, 2.75) is 6.54 Å². The van der Waals surface area contributed by atoms with Gasteiger partial charge in [0, 0.05) is 6.54 Å². The lowest BCUT2D eigenvalue weighted by Crippen LogP contribution is -2.03. The molecule has 0 amide bonds. The van der Waals surface area contributed by atoms with Crippen molar-refractivity contribution in [1.29, 1.82) is 0 Å². The molecule has 0 bridgehead atoms. The second kappa shape index (κ2) is 5.79. The lowest BCUT2D eigenvalue weighted by atomic mass is 10.2. The molecule has 1 N–H and O–H groups in total. The van der Waals surface area contributed by atoms with Crippen molar-refractivity contribution in [2.75, 3.05) is 5.32 Å². The molecule has 0 spiro atoms. The molecule has 0 aliphatic heterocycles. The van der Waals surface area contributed by atoms with Crippen LogP contribution in [0.4, 0.5) is 20.3 Å². The first-order valence-electron chi connectivity index (χ1n) is 5.45. The molecule has 5 nitrogen and oxygen atoms in total. The van der Waals surface area contributed by atoms with Crippen molar-refractivity contribution < 1.29 is 13.7 Å². The smallest absolute Gasteiger partial charge is 0.276 e. The van der Waals surface area contributed by atoms with E-state index in [4.69, 9.17) is 11.6 Å². The van der Waals surface area contributed by atoms with Gasteiger partial charge in [-0.15, -0.1) is 0 Å². The highest BCUT2D eigenvalue weighted by atomic mass is 35.5. The fourth-order valence-electron chi connectivity index (χ4n) is 1.52. The Morgan fingerprint density at radius 3 is 2.65 bits per heavy atom. The molecule has 0 saturated heterocycles. The molecule has 8 heteroatoms. The van der Waals surface area contributed by atoms with Gasteiger partial charge in [-0.3, -0.25) is 10.1 Å². The van der Waals surface area contributed by atoms with Crippen molar-refractivity contribution in [3.63, 3.8) is 0 Å². The van der Waals surface area contributed by atoms with Crippen molar-refractivity contribution in [3.8, 4) is 0 Å². The average molecular weight is 300 g/mol. The van der Waals surface area contributed by atoms with Gasteiger partial charge in [0.05, 0.1) is 17.1 Å². The highest BCUT2D eigenvalue weighted by Gasteiger charge is 2.10. The van der Waals surface area contributed by atoms with E-state index in [1.54, 1.807) is 0 Å². The fraction of sp³-hybridized carbons (Fsp3) is 0.0833. The van der Waals surface area contributed by atoms with Crippen LogP contribution in [0.5, 0.6) is 0 Å². The number of anilines is 1. The van der Waals surface area contributed by atoms with Crippen LogP contribution in [0.15, 0.2) is 30.3 Å². The molecule has 0 unspecified atom stereocenters. The van der Waals surface area contributed by atoms with E-state index in [1.807, 2.05) is 0 Å². The lowest BCUT2D eigenvalue weighted by Gasteiger charge is -2.06. The average Bonchev–Trinajstić information content (AvgIpc) is 2.39. The van der Waals surface area contributed by atoms with E-state index in [0.717, 1.165) is 18.2 Å². The van der Waals surface area contributed by atoms with Gasteiger partial charge in [0.2, 0.25) is 0 Å². The largest absolute Gasteiger partial charge is 0.366 e. The molecular weight excluding hydrogens is 292 g/mol. The van der Waals surface area contributed by atoms with Gasteiger partial charge in [0.25, 0.3) is 5.69 Å². The molecule has 0 saturated carbocycles. The van der Waals surface area contributed by atoms with Crippen molar-refractivity contribution in [2.24, 2.45) is 0 Å². The van der Waals surface area contributed by atoms with E-state index in [-0.39, 0.29) is 23.2 Å². The van der Waals surface area contributed by atoms with Crippen LogP contribution in [-0.2, 0) is 6.54 Å². The van der Waals surface area contributed by atoms with Crippen molar-refractivity contribution in [3.05, 3.63) is 62.8 Å². The van der Waals surface area contributed by atoms with Crippen molar-refractivity contribution in [1.82, 2.24) is 4.98 Å². The first-order chi connectivity index (χ1) is 9.45. The molecule has 2 rings (SSSR count). The molecule has 1 aromatic carbocycles. The maximum absolute atomic E-state index is 13.0. The van der Waals surface area contributed by atoms with Gasteiger partial charge >= 0.3 is 0 Å². The molecule has 0 radical (unpaired) electrons. The molecule has 2 aromatic rings. The second-order valence-electron chi connectivity index (χ2n) is 3.89. The summed E-state index contributed by atoms with van der Waals surface area (Å²) in [7, 11) is 0. The molecule has 0 aliphatic rings. The zero-order valence-electron chi connectivity index (χ0n) is 9.94. The summed E-state index contributed by atoms with van der Waals surface area (Å²) >= 11 is 5.66. The summed E-state index contributed by atoms with van der Waals surface area (Å²) in [5, 5.41) is 13.4. The maximum atomic E-state index is 13.0. The summed E-state index contributed by atoms with van der Waals surface area (Å²) in [6, 6.07) is 5.74. The Morgan fingerprint density at radius 1 is 1.25 bits per heavy atom. The molecule has 1 aromatic heterocycles. The van der Waals surface area contributed by atoms with Crippen LogP contribution in [0.2, 0.25) is 5.15 Å². The van der Waals surface area contributed by atoms with E-state index >= 15 is 0 Å². The second-order valence-corrected chi connectivity index (χ2v) is 4.28. The molecule has 20 heavy (non-hydrogen) atoms. The van der Waals surface area contributed by atoms with Crippen LogP contribution in [0.1, 0.15) is 5.56 Å². The van der Waals surface area contributed by atoms with Gasteiger partial charge in [-0.2, -0.15) is 0 Å². The third-order valence-corrected chi connectivity index (χ3v) is 2.64. The minimum Gasteiger partial charge on any atom is -0.366 e. The van der Waals surface area contributed by atoms with Gasteiger partial charge in [0.15, 0.2) is 11.6 Å². The third-order valence-electron chi connectivity index (χ3n) is 2.45. The minimum atomic E-state index is -0.964. The van der Waals surface area contributed by atoms with E-state index in [1.165, 1.54) is 12.1 Å². The number of aromatic nitrogens is 1. The SMILES string of the molecule is O=[N+]([O-])c1cc(Cl)nc(NCc2ccc(F)c(F)c2)c1. The third kappa shape index (κ3) is 3.39. The molecular formula is C12H8ClF2N3O2. The van der Waals surface area contributed by atoms with Gasteiger partial charge in [-0.25, -0.2) is 13.8 Å². The number of nitrogens with one attached hydrogen (secondary N) is 1. The number of hydrogen-bond acceptors (Lipinski definition) is 4. The quantitative estimate of drug-likeness (QED) is 0.533. The van der Waals surface area contributed by atoms with Gasteiger partial charge < -0.3 is 5.32 Å². The first-order valence-corrected chi connectivity index (χ1v) is 5.83. The normalized spacial score (nSPS) is 10.3. The standard InChI is InChI=1S/C12H8ClF2N3O2/c13-11-4-8(18(19)20)5-12(17-11)16-6-7-1-2-9(14)10(15)3-7/h1-5H,6H2,(H,16,17). The Bertz CT molecular complexity index is 667. The summed E-state index contributed by atoms with van der Waals surface area (Å²) in [6.07, 6.45) is 0. The van der Waals surface area contributed by atoms with E-state index < -0.39 is 16.6 Å². The Hall–Kier alpha value is -2.28. The van der Waals surface area contributed by atoms with Crippen LogP contribution in [-0.4, -0.2) is 9.91 Å². The first kappa shape index (κ1) is 14.1. The molecule has 0 fully saturated rings. The number of hydrogen-bond donors (Lipinski definition) is 1. The van der Waals surface area contributed by atoms with Crippen LogP contribution in [0, 0.1) is 21.7 Å². The molecule has 0 atom stereocenters. The van der Waals surface area contributed by atoms with Crippen LogP contribution >= 0.6 is 11.6 Å². The molecule has 104 valence electrons. The van der Waals surface area contributed by atoms with Crippen LogP contribution < -0.4 is 5.32 Å². The predicted molar refractivity (Wildman–Crippen MR) is 69.6 cm³/mol. The Kier molecular flexibility index (Phi) is 4.09. The zero-order valence-corrected chi connectivity index (χ0v) is 10.7. The maximum Gasteiger partial charge on any atom is 0.276 e. The highest BCUT2D eigenvalue weighted by Crippen LogP contribution is 2.21. The monoisotopic (exact) mass is 299 g/mol. The fourth-order valence-corrected chi connectivity index (χ4v) is 1.72. The minimum absolute atomic E-state index is 0.0352. The summed E-state index contributed by atoms with van der Waals surface area (Å²) in [6.45, 7) is 0.127. The van der Waals surface area contributed by atoms with Crippen molar-refractivity contribution >= 4 is 23.1 Å². The summed E-state index contributed by atoms with van der Waals surface area (Å²) in [5.41, 5.74) is 0.256. The van der Waals surface area contributed by atoms with E-state index in [9.17, 15) is 18.9 Å². The van der Waals surface area contributed by atoms with E-state index in [2.05, 4.69) is 10.3 Å². The summed E-state index contributed by atoms with van der Waals surface area (Å²) in [4.78, 5) is 13.9. The van der Waals surface area contributed by atoms with Crippen LogP contribution in [0.25, 0.3) is 0 Å². The van der Waals surface area contributed by atoms with Gasteiger partial charge in [-0.1, -0.05) is 17.7 Å². The topological polar surface area (TPSA) is 68.1 Å². The number of pyridine rings is 1. The molecule has 0 aliphatic carbocycles. The van der Waals surface area contributed by atoms with Gasteiger partial charge in [0.1, 0.15) is 11.0 Å². The number of nitrogens with zero attached hydrogens (tertiary/aromatic N) is 2. The summed E-state index contributed by atoms with van der Waals surface area (Å²) in [5.74, 6) is -1.73.